The number of carbonyl (C=O) groups is 2. The lowest BCUT2D eigenvalue weighted by Gasteiger charge is -2.17. The van der Waals surface area contributed by atoms with Gasteiger partial charge in [-0.3, -0.25) is 9.78 Å². The van der Waals surface area contributed by atoms with E-state index in [4.69, 9.17) is 0 Å². The van der Waals surface area contributed by atoms with Crippen LogP contribution in [0.1, 0.15) is 21.6 Å². The van der Waals surface area contributed by atoms with Crippen LogP contribution in [0, 0.1) is 6.92 Å². The van der Waals surface area contributed by atoms with Gasteiger partial charge in [0.05, 0.1) is 5.56 Å². The largest absolute Gasteiger partial charge is 0.323 e. The maximum absolute atomic E-state index is 12.8. The number of pyridine rings is 1. The van der Waals surface area contributed by atoms with Gasteiger partial charge in [0.1, 0.15) is 0 Å². The molecule has 0 unspecified atom stereocenters. The fraction of sp³-hybridized carbons (Fsp3) is 0.115. The lowest BCUT2D eigenvalue weighted by molar-refractivity contribution is 0.0989. The molecule has 0 bridgehead atoms. The Morgan fingerprint density at radius 2 is 1.79 bits per heavy atom. The predicted molar refractivity (Wildman–Crippen MR) is 131 cm³/mol. The molecule has 0 spiro atoms. The summed E-state index contributed by atoms with van der Waals surface area (Å²) in [6, 6.07) is 17.9. The smallest absolute Gasteiger partial charge is 0.308 e. The number of aryl methyl sites for hydroxylation is 1. The predicted octanol–water partition coefficient (Wildman–Crippen LogP) is 4.69. The van der Waals surface area contributed by atoms with Crippen molar-refractivity contribution in [2.24, 2.45) is 0 Å². The number of hydrogen-bond donors (Lipinski definition) is 2. The summed E-state index contributed by atoms with van der Waals surface area (Å²) in [5, 5.41) is 5.72. The third kappa shape index (κ3) is 4.47. The number of benzene rings is 2. The van der Waals surface area contributed by atoms with Gasteiger partial charge in [0.25, 0.3) is 5.91 Å². The Kier molecular flexibility index (Phi) is 5.70. The molecule has 0 saturated carbocycles. The zero-order chi connectivity index (χ0) is 23.5. The van der Waals surface area contributed by atoms with E-state index >= 15 is 0 Å². The molecule has 0 atom stereocenters. The number of nitrogens with one attached hydrogen (secondary N) is 2. The summed E-state index contributed by atoms with van der Waals surface area (Å²) in [6.07, 6.45) is 5.64. The van der Waals surface area contributed by atoms with Gasteiger partial charge in [0.2, 0.25) is 0 Å². The summed E-state index contributed by atoms with van der Waals surface area (Å²) in [7, 11) is 0. The van der Waals surface area contributed by atoms with Crippen LogP contribution in [0.3, 0.4) is 0 Å². The molecule has 1 aliphatic rings. The Morgan fingerprint density at radius 3 is 2.59 bits per heavy atom. The van der Waals surface area contributed by atoms with Crippen molar-refractivity contribution in [2.45, 2.75) is 13.3 Å². The molecule has 1 aliphatic heterocycles. The van der Waals surface area contributed by atoms with Crippen LogP contribution in [0.4, 0.5) is 21.9 Å². The number of aromatic nitrogens is 3. The molecule has 0 saturated heterocycles. The Bertz CT molecular complexity index is 1370. The lowest BCUT2D eigenvalue weighted by Crippen LogP contribution is -2.28. The van der Waals surface area contributed by atoms with Crippen molar-refractivity contribution in [3.63, 3.8) is 0 Å². The monoisotopic (exact) mass is 450 g/mol. The van der Waals surface area contributed by atoms with E-state index in [1.165, 1.54) is 0 Å². The number of carbonyl (C=O) groups excluding carboxylic acids is 2. The van der Waals surface area contributed by atoms with Gasteiger partial charge in [-0.15, -0.1) is 0 Å². The normalized spacial score (nSPS) is 12.2. The quantitative estimate of drug-likeness (QED) is 0.470. The first-order valence-corrected chi connectivity index (χ1v) is 10.9. The highest BCUT2D eigenvalue weighted by Crippen LogP contribution is 2.31. The molecule has 0 aliphatic carbocycles. The number of anilines is 3. The van der Waals surface area contributed by atoms with Crippen LogP contribution in [0.2, 0.25) is 0 Å². The number of urea groups is 1. The van der Waals surface area contributed by atoms with Gasteiger partial charge < -0.3 is 15.5 Å². The molecule has 0 radical (unpaired) electrons. The highest BCUT2D eigenvalue weighted by atomic mass is 16.2. The van der Waals surface area contributed by atoms with E-state index in [1.54, 1.807) is 41.7 Å². The van der Waals surface area contributed by atoms with Crippen molar-refractivity contribution in [3.8, 4) is 11.4 Å². The molecule has 168 valence electrons. The molecule has 8 heteroatoms. The standard InChI is InChI=1S/C26H22N6O2/c1-17-9-12-28-24(29-17)19-4-2-6-21(15-19)30-26(34)31-22-7-8-23-18(14-22)10-13-32(23)25(33)20-5-3-11-27-16-20/h2-9,11-12,14-16H,10,13H2,1H3,(H2,30,31,34). The summed E-state index contributed by atoms with van der Waals surface area (Å²) in [5.41, 5.74) is 5.39. The number of nitrogens with zero attached hydrogens (tertiary/aromatic N) is 4. The van der Waals surface area contributed by atoms with Gasteiger partial charge in [0.15, 0.2) is 5.82 Å². The number of amides is 3. The Morgan fingerprint density at radius 1 is 0.941 bits per heavy atom. The molecular formula is C26H22N6O2. The maximum atomic E-state index is 12.8. The molecule has 2 aromatic heterocycles. The molecule has 2 N–H and O–H groups in total. The highest BCUT2D eigenvalue weighted by Gasteiger charge is 2.26. The fourth-order valence-corrected chi connectivity index (χ4v) is 3.95. The van der Waals surface area contributed by atoms with Crippen LogP contribution in [-0.4, -0.2) is 33.4 Å². The summed E-state index contributed by atoms with van der Waals surface area (Å²) in [5.74, 6) is 0.524. The first kappa shape index (κ1) is 21.3. The SMILES string of the molecule is Cc1ccnc(-c2cccc(NC(=O)Nc3ccc4c(c3)CCN4C(=O)c3cccnc3)c2)n1. The highest BCUT2D eigenvalue weighted by molar-refractivity contribution is 6.07. The van der Waals surface area contributed by atoms with E-state index in [1.807, 2.05) is 49.4 Å². The van der Waals surface area contributed by atoms with Gasteiger partial charge in [0, 0.05) is 53.5 Å². The van der Waals surface area contributed by atoms with Crippen LogP contribution in [0.5, 0.6) is 0 Å². The van der Waals surface area contributed by atoms with Gasteiger partial charge >= 0.3 is 6.03 Å². The molecule has 34 heavy (non-hydrogen) atoms. The van der Waals surface area contributed by atoms with Crippen molar-refractivity contribution in [3.05, 3.63) is 96.1 Å². The summed E-state index contributed by atoms with van der Waals surface area (Å²) >= 11 is 0. The molecule has 3 heterocycles. The average molecular weight is 451 g/mol. The molecule has 8 nitrogen and oxygen atoms in total. The topological polar surface area (TPSA) is 100 Å². The second-order valence-corrected chi connectivity index (χ2v) is 7.97. The van der Waals surface area contributed by atoms with E-state index in [9.17, 15) is 9.59 Å². The van der Waals surface area contributed by atoms with Crippen LogP contribution in [-0.2, 0) is 6.42 Å². The van der Waals surface area contributed by atoms with Gasteiger partial charge in [-0.1, -0.05) is 12.1 Å². The van der Waals surface area contributed by atoms with E-state index < -0.39 is 0 Å². The van der Waals surface area contributed by atoms with E-state index in [0.29, 0.717) is 29.3 Å². The molecule has 2 aromatic carbocycles. The summed E-state index contributed by atoms with van der Waals surface area (Å²) in [6.45, 7) is 2.50. The second kappa shape index (κ2) is 9.11. The minimum absolute atomic E-state index is 0.0808. The van der Waals surface area contributed by atoms with Crippen molar-refractivity contribution in [2.75, 3.05) is 22.1 Å². The fourth-order valence-electron chi connectivity index (χ4n) is 3.95. The molecular weight excluding hydrogens is 428 g/mol. The van der Waals surface area contributed by atoms with Crippen LogP contribution >= 0.6 is 0 Å². The van der Waals surface area contributed by atoms with E-state index in [2.05, 4.69) is 25.6 Å². The van der Waals surface area contributed by atoms with Gasteiger partial charge in [-0.25, -0.2) is 14.8 Å². The Balaban J connectivity index is 1.27. The van der Waals surface area contributed by atoms with Crippen LogP contribution in [0.15, 0.2) is 79.3 Å². The van der Waals surface area contributed by atoms with E-state index in [0.717, 1.165) is 28.9 Å². The average Bonchev–Trinajstić information content (AvgIpc) is 3.27. The van der Waals surface area contributed by atoms with Gasteiger partial charge in [-0.05, 0) is 67.4 Å². The molecule has 3 amide bonds. The van der Waals surface area contributed by atoms with Crippen LogP contribution in [0.25, 0.3) is 11.4 Å². The first-order valence-electron chi connectivity index (χ1n) is 10.9. The maximum Gasteiger partial charge on any atom is 0.323 e. The summed E-state index contributed by atoms with van der Waals surface area (Å²) < 4.78 is 0. The van der Waals surface area contributed by atoms with E-state index in [-0.39, 0.29) is 11.9 Å². The molecule has 0 fully saturated rings. The number of rotatable bonds is 4. The van der Waals surface area contributed by atoms with Crippen molar-refractivity contribution >= 4 is 29.0 Å². The van der Waals surface area contributed by atoms with Crippen LogP contribution < -0.4 is 15.5 Å². The summed E-state index contributed by atoms with van der Waals surface area (Å²) in [4.78, 5) is 39.9. The molecule has 5 rings (SSSR count). The second-order valence-electron chi connectivity index (χ2n) is 7.97. The Labute approximate surface area is 196 Å². The number of hydrogen-bond acceptors (Lipinski definition) is 5. The lowest BCUT2D eigenvalue weighted by atomic mass is 10.1. The Hall–Kier alpha value is -4.59. The first-order chi connectivity index (χ1) is 16.6. The van der Waals surface area contributed by atoms with Crippen molar-refractivity contribution in [1.82, 2.24) is 15.0 Å². The minimum Gasteiger partial charge on any atom is -0.308 e. The third-order valence-electron chi connectivity index (χ3n) is 5.56. The van der Waals surface area contributed by atoms with Gasteiger partial charge in [-0.2, -0.15) is 0 Å². The number of fused-ring (bicyclic) bond motifs is 1. The zero-order valence-corrected chi connectivity index (χ0v) is 18.5. The van der Waals surface area contributed by atoms with Crippen molar-refractivity contribution in [1.29, 1.82) is 0 Å². The minimum atomic E-state index is -0.358. The third-order valence-corrected chi connectivity index (χ3v) is 5.56. The van der Waals surface area contributed by atoms with Crippen molar-refractivity contribution < 1.29 is 9.59 Å². The molecule has 4 aromatic rings. The zero-order valence-electron chi connectivity index (χ0n) is 18.5.